The van der Waals surface area contributed by atoms with Crippen molar-refractivity contribution in [1.82, 2.24) is 14.9 Å². The van der Waals surface area contributed by atoms with Gasteiger partial charge in [-0.15, -0.1) is 0 Å². The number of piperazine rings is 1. The summed E-state index contributed by atoms with van der Waals surface area (Å²) >= 11 is 0. The average molecular weight is 457 g/mol. The van der Waals surface area contributed by atoms with E-state index in [0.717, 1.165) is 77.8 Å². The second kappa shape index (κ2) is 11.7. The topological polar surface area (TPSA) is 57.0 Å². The number of aromatic nitrogens is 2. The first kappa shape index (κ1) is 25.2. The van der Waals surface area contributed by atoms with Crippen LogP contribution in [0.15, 0.2) is 70.6 Å². The Balaban J connectivity index is 0.00000324. The van der Waals surface area contributed by atoms with Crippen LogP contribution in [0.2, 0.25) is 0 Å². The van der Waals surface area contributed by atoms with Gasteiger partial charge in [0.1, 0.15) is 11.7 Å². The molecule has 0 aromatic carbocycles. The van der Waals surface area contributed by atoms with Crippen molar-refractivity contribution in [3.63, 3.8) is 0 Å². The fourth-order valence-corrected chi connectivity index (χ4v) is 4.09. The second-order valence-electron chi connectivity index (χ2n) is 8.47. The van der Waals surface area contributed by atoms with Gasteiger partial charge in [-0.1, -0.05) is 25.7 Å². The minimum Gasteiger partial charge on any atom is -0.354 e. The molecule has 0 radical (unpaired) electrons. The summed E-state index contributed by atoms with van der Waals surface area (Å²) < 4.78 is 0. The molecule has 0 aliphatic carbocycles. The number of hydrogen-bond donors (Lipinski definition) is 0. The summed E-state index contributed by atoms with van der Waals surface area (Å²) in [6.07, 6.45) is 14.8. The van der Waals surface area contributed by atoms with Crippen LogP contribution in [-0.2, 0) is 0 Å². The summed E-state index contributed by atoms with van der Waals surface area (Å²) in [6.45, 7) is 10.1. The molecule has 4 heterocycles. The number of aryl methyl sites for hydroxylation is 1. The highest BCUT2D eigenvalue weighted by Crippen LogP contribution is 2.30. The summed E-state index contributed by atoms with van der Waals surface area (Å²) in [5, 5.41) is 0. The lowest BCUT2D eigenvalue weighted by molar-refractivity contribution is 0.312. The number of nitrogens with zero attached hydrogens (tertiary/aromatic N) is 6. The quantitative estimate of drug-likeness (QED) is 0.603. The molecule has 2 aliphatic rings. The molecule has 178 valence electrons. The van der Waals surface area contributed by atoms with Crippen LogP contribution < -0.4 is 4.90 Å². The highest BCUT2D eigenvalue weighted by Gasteiger charge is 2.17. The minimum atomic E-state index is 0. The Kier molecular flexibility index (Phi) is 8.66. The summed E-state index contributed by atoms with van der Waals surface area (Å²) in [5.74, 6) is 1.77. The lowest BCUT2D eigenvalue weighted by Crippen LogP contribution is -2.44. The van der Waals surface area contributed by atoms with Crippen LogP contribution in [0.3, 0.4) is 0 Å². The maximum Gasteiger partial charge on any atom is 0.129 e. The van der Waals surface area contributed by atoms with Crippen molar-refractivity contribution in [2.75, 3.05) is 38.1 Å². The Bertz CT molecular complexity index is 1150. The van der Waals surface area contributed by atoms with E-state index < -0.39 is 0 Å². The molecular weight excluding hydrogens is 420 g/mol. The third-order valence-corrected chi connectivity index (χ3v) is 6.11. The molecule has 0 amide bonds. The SMILES string of the molecule is C.C/C=C(/C1=C/C/C=C\N=C(C)N=C1)c1cc(-c2ccnc(N3CCN(C)CC3)c2)cnc1C. The van der Waals surface area contributed by atoms with E-state index >= 15 is 0 Å². The van der Waals surface area contributed by atoms with E-state index in [9.17, 15) is 0 Å². The predicted molar refractivity (Wildman–Crippen MR) is 146 cm³/mol. The first-order chi connectivity index (χ1) is 16.0. The van der Waals surface area contributed by atoms with Gasteiger partial charge in [0.2, 0.25) is 0 Å². The van der Waals surface area contributed by atoms with Gasteiger partial charge in [-0.25, -0.2) is 15.0 Å². The first-order valence-corrected chi connectivity index (χ1v) is 11.5. The maximum absolute atomic E-state index is 4.76. The van der Waals surface area contributed by atoms with Gasteiger partial charge in [-0.3, -0.25) is 4.98 Å². The van der Waals surface area contributed by atoms with E-state index in [1.165, 1.54) is 0 Å². The van der Waals surface area contributed by atoms with E-state index in [2.05, 4.69) is 76.0 Å². The van der Waals surface area contributed by atoms with E-state index in [1.54, 1.807) is 0 Å². The molecule has 1 saturated heterocycles. The second-order valence-corrected chi connectivity index (χ2v) is 8.47. The molecule has 0 bridgehead atoms. The van der Waals surface area contributed by atoms with Crippen LogP contribution in [0.25, 0.3) is 16.7 Å². The highest BCUT2D eigenvalue weighted by molar-refractivity contribution is 6.05. The maximum atomic E-state index is 4.76. The van der Waals surface area contributed by atoms with Crippen molar-refractivity contribution in [1.29, 1.82) is 0 Å². The Labute approximate surface area is 204 Å². The zero-order valence-corrected chi connectivity index (χ0v) is 20.0. The van der Waals surface area contributed by atoms with Crippen LogP contribution in [0.4, 0.5) is 5.82 Å². The number of allylic oxidation sites excluding steroid dienone is 5. The lowest BCUT2D eigenvalue weighted by atomic mass is 9.94. The van der Waals surface area contributed by atoms with Crippen LogP contribution in [0, 0.1) is 6.92 Å². The molecule has 4 rings (SSSR count). The van der Waals surface area contributed by atoms with Crippen LogP contribution in [0.1, 0.15) is 39.0 Å². The molecule has 34 heavy (non-hydrogen) atoms. The number of anilines is 1. The smallest absolute Gasteiger partial charge is 0.129 e. The minimum absolute atomic E-state index is 0. The van der Waals surface area contributed by atoms with Gasteiger partial charge in [0.05, 0.1) is 0 Å². The summed E-state index contributed by atoms with van der Waals surface area (Å²) in [6, 6.07) is 6.48. The molecular formula is C28H36N6. The Morgan fingerprint density at radius 3 is 2.59 bits per heavy atom. The van der Waals surface area contributed by atoms with Gasteiger partial charge in [0.15, 0.2) is 0 Å². The van der Waals surface area contributed by atoms with Crippen molar-refractivity contribution in [3.8, 4) is 11.1 Å². The van der Waals surface area contributed by atoms with E-state index in [-0.39, 0.29) is 7.43 Å². The molecule has 1 fully saturated rings. The monoisotopic (exact) mass is 456 g/mol. The van der Waals surface area contributed by atoms with Crippen molar-refractivity contribution in [2.24, 2.45) is 9.98 Å². The Morgan fingerprint density at radius 1 is 1.03 bits per heavy atom. The Hall–Kier alpha value is -3.38. The number of rotatable bonds is 4. The van der Waals surface area contributed by atoms with Gasteiger partial charge in [-0.05, 0) is 69.1 Å². The fourth-order valence-electron chi connectivity index (χ4n) is 4.09. The number of pyridine rings is 2. The molecule has 0 atom stereocenters. The van der Waals surface area contributed by atoms with Gasteiger partial charge in [0.25, 0.3) is 0 Å². The van der Waals surface area contributed by atoms with Crippen molar-refractivity contribution < 1.29 is 0 Å². The first-order valence-electron chi connectivity index (χ1n) is 11.5. The summed E-state index contributed by atoms with van der Waals surface area (Å²) in [5.41, 5.74) is 6.53. The Morgan fingerprint density at radius 2 is 1.82 bits per heavy atom. The molecule has 2 aromatic rings. The predicted octanol–water partition coefficient (Wildman–Crippen LogP) is 5.58. The number of amidine groups is 1. The fraction of sp³-hybridized carbons (Fsp3) is 0.357. The van der Waals surface area contributed by atoms with Crippen LogP contribution in [-0.4, -0.2) is 60.1 Å². The highest BCUT2D eigenvalue weighted by atomic mass is 15.3. The summed E-state index contributed by atoms with van der Waals surface area (Å²) in [4.78, 5) is 23.0. The average Bonchev–Trinajstić information content (AvgIpc) is 2.94. The van der Waals surface area contributed by atoms with Gasteiger partial charge in [0, 0.05) is 67.8 Å². The molecule has 2 aliphatic heterocycles. The van der Waals surface area contributed by atoms with Gasteiger partial charge in [-0.2, -0.15) is 0 Å². The van der Waals surface area contributed by atoms with E-state index in [1.807, 2.05) is 37.8 Å². The molecule has 2 aromatic heterocycles. The molecule has 6 heteroatoms. The number of likely N-dealkylation sites (N-methyl/N-ethyl adjacent to an activating group) is 1. The molecule has 0 saturated carbocycles. The zero-order chi connectivity index (χ0) is 23.2. The van der Waals surface area contributed by atoms with Crippen LogP contribution >= 0.6 is 0 Å². The van der Waals surface area contributed by atoms with Crippen LogP contribution in [0.5, 0.6) is 0 Å². The third kappa shape index (κ3) is 5.94. The standard InChI is InChI=1S/C27H32N6.CH4/c1-5-25(23-8-6-7-10-28-21(3)31-18-23)26-16-24(19-30-20(26)2)22-9-11-29-27(17-22)33-14-12-32(4)13-15-33;/h5,7-11,16-19H,6,12-15H2,1-4H3;1H4/b10-7-,23-8+,25-5-,28-21?,31-18?;. The molecule has 6 nitrogen and oxygen atoms in total. The molecule has 0 N–H and O–H groups in total. The van der Waals surface area contributed by atoms with Gasteiger partial charge < -0.3 is 9.80 Å². The van der Waals surface area contributed by atoms with Crippen molar-refractivity contribution in [3.05, 3.63) is 71.9 Å². The molecule has 0 spiro atoms. The van der Waals surface area contributed by atoms with E-state index in [4.69, 9.17) is 4.98 Å². The normalized spacial score (nSPS) is 19.8. The number of aliphatic imine (C=N–C) groups is 2. The summed E-state index contributed by atoms with van der Waals surface area (Å²) in [7, 11) is 2.17. The molecule has 0 unspecified atom stereocenters. The van der Waals surface area contributed by atoms with E-state index in [0.29, 0.717) is 0 Å². The van der Waals surface area contributed by atoms with Crippen molar-refractivity contribution >= 4 is 23.4 Å². The van der Waals surface area contributed by atoms with Crippen molar-refractivity contribution in [2.45, 2.75) is 34.6 Å². The number of hydrogen-bond acceptors (Lipinski definition) is 6. The van der Waals surface area contributed by atoms with Gasteiger partial charge >= 0.3 is 0 Å². The third-order valence-electron chi connectivity index (χ3n) is 6.11. The zero-order valence-electron chi connectivity index (χ0n) is 20.0. The largest absolute Gasteiger partial charge is 0.354 e. The lowest BCUT2D eigenvalue weighted by Gasteiger charge is -2.33.